The second-order valence-electron chi connectivity index (χ2n) is 7.91. The highest BCUT2D eigenvalue weighted by molar-refractivity contribution is 4.84. The molecule has 0 aliphatic carbocycles. The maximum absolute atomic E-state index is 3.50. The average molecular weight is 296 g/mol. The predicted octanol–water partition coefficient (Wildman–Crippen LogP) is 2.82. The molecule has 0 aromatic carbocycles. The fourth-order valence-electron chi connectivity index (χ4n) is 4.09. The van der Waals surface area contributed by atoms with Crippen LogP contribution in [-0.2, 0) is 0 Å². The van der Waals surface area contributed by atoms with E-state index in [4.69, 9.17) is 0 Å². The van der Waals surface area contributed by atoms with E-state index in [1.54, 1.807) is 0 Å². The van der Waals surface area contributed by atoms with Gasteiger partial charge in [-0.1, -0.05) is 13.8 Å². The Morgan fingerprint density at radius 3 is 2.14 bits per heavy atom. The van der Waals surface area contributed by atoms with Gasteiger partial charge in [0, 0.05) is 25.2 Å². The highest BCUT2D eigenvalue weighted by Crippen LogP contribution is 2.23. The molecule has 0 aromatic rings. The summed E-state index contributed by atoms with van der Waals surface area (Å²) >= 11 is 0. The lowest BCUT2D eigenvalue weighted by molar-refractivity contribution is 0.0623. The number of likely N-dealkylation sites (tertiary alicyclic amines) is 1. The van der Waals surface area contributed by atoms with E-state index in [2.05, 4.69) is 42.8 Å². The smallest absolute Gasteiger partial charge is 0.0122 e. The molecule has 0 bridgehead atoms. The number of nitrogens with zero attached hydrogens (tertiary/aromatic N) is 2. The molecule has 3 heteroatoms. The SMILES string of the molecule is CC(C)CN1CCC(N(CC2CCNCC2)C(C)C)CC1. The lowest BCUT2D eigenvalue weighted by Gasteiger charge is -2.43. The maximum Gasteiger partial charge on any atom is 0.0122 e. The molecule has 2 heterocycles. The zero-order chi connectivity index (χ0) is 15.2. The summed E-state index contributed by atoms with van der Waals surface area (Å²) in [5, 5.41) is 3.50. The number of piperidine rings is 2. The van der Waals surface area contributed by atoms with Gasteiger partial charge >= 0.3 is 0 Å². The minimum absolute atomic E-state index is 0.696. The van der Waals surface area contributed by atoms with Gasteiger partial charge in [-0.2, -0.15) is 0 Å². The summed E-state index contributed by atoms with van der Waals surface area (Å²) in [6.07, 6.45) is 5.48. The molecule has 2 aliphatic rings. The van der Waals surface area contributed by atoms with Gasteiger partial charge in [0.1, 0.15) is 0 Å². The minimum Gasteiger partial charge on any atom is -0.317 e. The van der Waals surface area contributed by atoms with Gasteiger partial charge in [-0.15, -0.1) is 0 Å². The standard InChI is InChI=1S/C18H37N3/c1-15(2)13-20-11-7-18(8-12-20)21(16(3)4)14-17-5-9-19-10-6-17/h15-19H,5-14H2,1-4H3. The van der Waals surface area contributed by atoms with E-state index < -0.39 is 0 Å². The minimum atomic E-state index is 0.696. The van der Waals surface area contributed by atoms with E-state index in [-0.39, 0.29) is 0 Å². The molecule has 1 N–H and O–H groups in total. The number of hydrogen-bond acceptors (Lipinski definition) is 3. The third kappa shape index (κ3) is 5.54. The van der Waals surface area contributed by atoms with Crippen molar-refractivity contribution < 1.29 is 0 Å². The van der Waals surface area contributed by atoms with Crippen molar-refractivity contribution in [3.05, 3.63) is 0 Å². The highest BCUT2D eigenvalue weighted by Gasteiger charge is 2.28. The molecule has 0 amide bonds. The molecule has 2 fully saturated rings. The van der Waals surface area contributed by atoms with Crippen LogP contribution in [0.4, 0.5) is 0 Å². The van der Waals surface area contributed by atoms with Gasteiger partial charge < -0.3 is 10.2 Å². The number of nitrogens with one attached hydrogen (secondary N) is 1. The summed E-state index contributed by atoms with van der Waals surface area (Å²) in [6, 6.07) is 1.52. The van der Waals surface area contributed by atoms with Gasteiger partial charge in [-0.25, -0.2) is 0 Å². The maximum atomic E-state index is 3.50. The second kappa shape index (κ2) is 8.50. The molecule has 2 rings (SSSR count). The van der Waals surface area contributed by atoms with E-state index in [1.807, 2.05) is 0 Å². The van der Waals surface area contributed by atoms with Gasteiger partial charge in [0.05, 0.1) is 0 Å². The first-order valence-electron chi connectivity index (χ1n) is 9.25. The quantitative estimate of drug-likeness (QED) is 0.813. The van der Waals surface area contributed by atoms with Gasteiger partial charge in [0.25, 0.3) is 0 Å². The van der Waals surface area contributed by atoms with Crippen LogP contribution < -0.4 is 5.32 Å². The first-order valence-corrected chi connectivity index (χ1v) is 9.25. The third-order valence-corrected chi connectivity index (χ3v) is 5.24. The second-order valence-corrected chi connectivity index (χ2v) is 7.91. The first kappa shape index (κ1) is 17.2. The Morgan fingerprint density at radius 1 is 1.00 bits per heavy atom. The highest BCUT2D eigenvalue weighted by atomic mass is 15.2. The van der Waals surface area contributed by atoms with Gasteiger partial charge in [0.15, 0.2) is 0 Å². The van der Waals surface area contributed by atoms with Crippen molar-refractivity contribution in [2.75, 3.05) is 39.3 Å². The Labute approximate surface area is 132 Å². The zero-order valence-electron chi connectivity index (χ0n) is 14.8. The van der Waals surface area contributed by atoms with Gasteiger partial charge in [-0.3, -0.25) is 4.90 Å². The predicted molar refractivity (Wildman–Crippen MR) is 91.7 cm³/mol. The van der Waals surface area contributed by atoms with E-state index in [0.717, 1.165) is 17.9 Å². The van der Waals surface area contributed by atoms with Gasteiger partial charge in [0.2, 0.25) is 0 Å². The lowest BCUT2D eigenvalue weighted by Crippen LogP contribution is -2.50. The third-order valence-electron chi connectivity index (χ3n) is 5.24. The average Bonchev–Trinajstić information content (AvgIpc) is 2.46. The Balaban J connectivity index is 1.81. The normalized spacial score (nSPS) is 23.6. The Kier molecular flexibility index (Phi) is 6.97. The van der Waals surface area contributed by atoms with Crippen molar-refractivity contribution in [1.29, 1.82) is 0 Å². The number of hydrogen-bond donors (Lipinski definition) is 1. The van der Waals surface area contributed by atoms with E-state index in [9.17, 15) is 0 Å². The Morgan fingerprint density at radius 2 is 1.62 bits per heavy atom. The topological polar surface area (TPSA) is 18.5 Å². The fourth-order valence-corrected chi connectivity index (χ4v) is 4.09. The van der Waals surface area contributed by atoms with Crippen molar-refractivity contribution in [2.24, 2.45) is 11.8 Å². The zero-order valence-corrected chi connectivity index (χ0v) is 14.8. The molecule has 2 saturated heterocycles. The van der Waals surface area contributed by atoms with Crippen molar-refractivity contribution in [3.63, 3.8) is 0 Å². The van der Waals surface area contributed by atoms with Crippen LogP contribution in [0.2, 0.25) is 0 Å². The molecule has 3 nitrogen and oxygen atoms in total. The molecule has 0 radical (unpaired) electrons. The van der Waals surface area contributed by atoms with Crippen molar-refractivity contribution >= 4 is 0 Å². The molecule has 21 heavy (non-hydrogen) atoms. The van der Waals surface area contributed by atoms with E-state index in [0.29, 0.717) is 6.04 Å². The molecule has 2 aliphatic heterocycles. The van der Waals surface area contributed by atoms with Crippen LogP contribution in [0.15, 0.2) is 0 Å². The Bertz CT molecular complexity index is 276. The van der Waals surface area contributed by atoms with E-state index >= 15 is 0 Å². The van der Waals surface area contributed by atoms with Crippen LogP contribution in [0.3, 0.4) is 0 Å². The van der Waals surface area contributed by atoms with Crippen LogP contribution >= 0.6 is 0 Å². The molecule has 0 saturated carbocycles. The lowest BCUT2D eigenvalue weighted by atomic mass is 9.94. The first-order chi connectivity index (χ1) is 10.1. The van der Waals surface area contributed by atoms with Crippen LogP contribution in [0.25, 0.3) is 0 Å². The van der Waals surface area contributed by atoms with Gasteiger partial charge in [-0.05, 0) is 77.5 Å². The van der Waals surface area contributed by atoms with E-state index in [1.165, 1.54) is 65.0 Å². The van der Waals surface area contributed by atoms with Crippen LogP contribution in [0.5, 0.6) is 0 Å². The van der Waals surface area contributed by atoms with Crippen LogP contribution in [0, 0.1) is 11.8 Å². The summed E-state index contributed by atoms with van der Waals surface area (Å²) in [5.41, 5.74) is 0. The molecule has 124 valence electrons. The van der Waals surface area contributed by atoms with Crippen molar-refractivity contribution in [1.82, 2.24) is 15.1 Å². The summed E-state index contributed by atoms with van der Waals surface area (Å²) in [5.74, 6) is 1.72. The van der Waals surface area contributed by atoms with Crippen molar-refractivity contribution in [3.8, 4) is 0 Å². The monoisotopic (exact) mass is 295 g/mol. The molecule has 0 aromatic heterocycles. The largest absolute Gasteiger partial charge is 0.317 e. The Hall–Kier alpha value is -0.120. The molecule has 0 atom stereocenters. The molecule has 0 unspecified atom stereocenters. The summed E-state index contributed by atoms with van der Waals surface area (Å²) in [4.78, 5) is 5.49. The molecular weight excluding hydrogens is 258 g/mol. The number of rotatable bonds is 6. The fraction of sp³-hybridized carbons (Fsp3) is 1.00. The molecular formula is C18H37N3. The summed E-state index contributed by atoms with van der Waals surface area (Å²) in [6.45, 7) is 17.1. The molecule has 0 spiro atoms. The van der Waals surface area contributed by atoms with Crippen molar-refractivity contribution in [2.45, 2.75) is 65.5 Å². The van der Waals surface area contributed by atoms with Crippen LogP contribution in [0.1, 0.15) is 53.4 Å². The van der Waals surface area contributed by atoms with Crippen LogP contribution in [-0.4, -0.2) is 61.2 Å². The summed E-state index contributed by atoms with van der Waals surface area (Å²) < 4.78 is 0. The summed E-state index contributed by atoms with van der Waals surface area (Å²) in [7, 11) is 0.